The lowest BCUT2D eigenvalue weighted by molar-refractivity contribution is -0.127. The maximum atomic E-state index is 13.3. The molecule has 31 heavy (non-hydrogen) atoms. The summed E-state index contributed by atoms with van der Waals surface area (Å²) in [6.45, 7) is 6.05. The number of amides is 3. The quantitative estimate of drug-likeness (QED) is 0.673. The Morgan fingerprint density at radius 3 is 2.55 bits per heavy atom. The molecule has 8 heteroatoms. The smallest absolute Gasteiger partial charge is 0.255 e. The van der Waals surface area contributed by atoms with E-state index in [1.165, 1.54) is 18.3 Å². The van der Waals surface area contributed by atoms with E-state index in [4.69, 9.17) is 0 Å². The van der Waals surface area contributed by atoms with Crippen LogP contribution in [0, 0.1) is 5.92 Å². The summed E-state index contributed by atoms with van der Waals surface area (Å²) in [5.74, 6) is -1.36. The molecule has 2 aromatic rings. The van der Waals surface area contributed by atoms with Gasteiger partial charge in [-0.15, -0.1) is 0 Å². The third-order valence-electron chi connectivity index (χ3n) is 5.81. The Morgan fingerprint density at radius 1 is 1.13 bits per heavy atom. The average molecular weight is 422 g/mol. The summed E-state index contributed by atoms with van der Waals surface area (Å²) in [7, 11) is 0. The summed E-state index contributed by atoms with van der Waals surface area (Å²) in [6.07, 6.45) is 1.82. The van der Waals surface area contributed by atoms with Gasteiger partial charge in [0, 0.05) is 36.5 Å². The van der Waals surface area contributed by atoms with Gasteiger partial charge in [-0.25, -0.2) is 0 Å². The van der Waals surface area contributed by atoms with Crippen LogP contribution in [0.5, 0.6) is 0 Å². The molecule has 1 fully saturated rings. The van der Waals surface area contributed by atoms with Crippen molar-refractivity contribution in [3.05, 3.63) is 69.6 Å². The molecule has 3 N–H and O–H groups in total. The highest BCUT2D eigenvalue weighted by Crippen LogP contribution is 2.36. The van der Waals surface area contributed by atoms with Crippen LogP contribution in [0.25, 0.3) is 0 Å². The van der Waals surface area contributed by atoms with Gasteiger partial charge in [0.1, 0.15) is 0 Å². The second-order valence-corrected chi connectivity index (χ2v) is 9.36. The molecule has 0 aliphatic carbocycles. The number of benzene rings is 1. The number of pyridine rings is 1. The Labute approximate surface area is 180 Å². The van der Waals surface area contributed by atoms with Gasteiger partial charge < -0.3 is 20.5 Å². The minimum Gasteiger partial charge on any atom is -0.351 e. The first kappa shape index (κ1) is 20.8. The molecule has 2 atom stereocenters. The zero-order valence-electron chi connectivity index (χ0n) is 17.8. The minimum atomic E-state index is -0.904. The third-order valence-corrected chi connectivity index (χ3v) is 5.81. The number of aromatic nitrogens is 1. The zero-order valence-corrected chi connectivity index (χ0v) is 17.8. The van der Waals surface area contributed by atoms with E-state index in [9.17, 15) is 19.2 Å². The molecule has 0 saturated carbocycles. The van der Waals surface area contributed by atoms with Crippen LogP contribution in [0.3, 0.4) is 0 Å². The highest BCUT2D eigenvalue weighted by Gasteiger charge is 2.54. The Kier molecular flexibility index (Phi) is 4.95. The van der Waals surface area contributed by atoms with Crippen LogP contribution in [0.15, 0.2) is 47.4 Å². The average Bonchev–Trinajstić information content (AvgIpc) is 3.05. The highest BCUT2D eigenvalue weighted by molar-refractivity contribution is 5.99. The summed E-state index contributed by atoms with van der Waals surface area (Å²) in [6, 6.07) is 10.1. The number of fused-ring (bicyclic) bond motifs is 1. The van der Waals surface area contributed by atoms with Crippen LogP contribution in [-0.4, -0.2) is 51.8 Å². The van der Waals surface area contributed by atoms with Crippen molar-refractivity contribution in [3.8, 4) is 0 Å². The van der Waals surface area contributed by atoms with E-state index < -0.39 is 17.0 Å². The molecule has 3 heterocycles. The minimum absolute atomic E-state index is 0.169. The second-order valence-electron chi connectivity index (χ2n) is 9.36. The number of carbonyl (C=O) groups is 3. The molecule has 1 aromatic heterocycles. The predicted octanol–water partition coefficient (Wildman–Crippen LogP) is 1.09. The first-order valence-electron chi connectivity index (χ1n) is 10.3. The van der Waals surface area contributed by atoms with Gasteiger partial charge in [0.05, 0.1) is 17.0 Å². The summed E-state index contributed by atoms with van der Waals surface area (Å²) in [5.41, 5.74) is 0.123. The van der Waals surface area contributed by atoms with Gasteiger partial charge in [0.15, 0.2) is 0 Å². The van der Waals surface area contributed by atoms with Gasteiger partial charge in [-0.1, -0.05) is 18.2 Å². The first-order chi connectivity index (χ1) is 14.6. The van der Waals surface area contributed by atoms with E-state index >= 15 is 0 Å². The van der Waals surface area contributed by atoms with Crippen molar-refractivity contribution in [2.24, 2.45) is 5.92 Å². The Bertz CT molecular complexity index is 1100. The monoisotopic (exact) mass is 422 g/mol. The second kappa shape index (κ2) is 7.37. The molecule has 2 aliphatic heterocycles. The zero-order chi connectivity index (χ0) is 22.4. The predicted molar refractivity (Wildman–Crippen MR) is 115 cm³/mol. The molecule has 162 valence electrons. The maximum absolute atomic E-state index is 13.3. The van der Waals surface area contributed by atoms with Crippen molar-refractivity contribution >= 4 is 17.7 Å². The Hall–Kier alpha value is -3.42. The Balaban J connectivity index is 1.70. The number of H-pyrrole nitrogens is 1. The molecule has 0 bridgehead atoms. The number of nitrogens with zero attached hydrogens (tertiary/aromatic N) is 1. The molecule has 3 amide bonds. The third kappa shape index (κ3) is 3.97. The topological polar surface area (TPSA) is 111 Å². The van der Waals surface area contributed by atoms with Crippen molar-refractivity contribution in [2.45, 2.75) is 38.3 Å². The molecule has 0 radical (unpaired) electrons. The van der Waals surface area contributed by atoms with Gasteiger partial charge in [-0.05, 0) is 44.9 Å². The molecule has 1 spiro atoms. The van der Waals surface area contributed by atoms with E-state index in [0.29, 0.717) is 17.5 Å². The van der Waals surface area contributed by atoms with E-state index in [0.717, 1.165) is 5.56 Å². The van der Waals surface area contributed by atoms with Gasteiger partial charge in [0.2, 0.25) is 11.5 Å². The lowest BCUT2D eigenvalue weighted by Crippen LogP contribution is -2.62. The van der Waals surface area contributed by atoms with Crippen molar-refractivity contribution < 1.29 is 14.4 Å². The van der Waals surface area contributed by atoms with Crippen LogP contribution >= 0.6 is 0 Å². The Morgan fingerprint density at radius 2 is 1.87 bits per heavy atom. The standard InChI is InChI=1S/C23H26N4O4/c1-22(2,3)25-20(30)17-12-27(21(31)15-8-9-18(28)24-11-15)13-23(17)10-14-6-4-5-7-16(14)19(29)26-23/h4-9,11,17H,10,12-13H2,1-3H3,(H,24,28)(H,25,30)(H,26,29)/t17-,23+/m0/s1. The fourth-order valence-electron chi connectivity index (χ4n) is 4.46. The number of hydrogen-bond acceptors (Lipinski definition) is 4. The highest BCUT2D eigenvalue weighted by atomic mass is 16.2. The molecular formula is C23H26N4O4. The normalized spacial score (nSPS) is 22.7. The molecule has 4 rings (SSSR count). The van der Waals surface area contributed by atoms with Gasteiger partial charge in [-0.3, -0.25) is 19.2 Å². The number of nitrogens with one attached hydrogen (secondary N) is 3. The number of likely N-dealkylation sites (tertiary alicyclic amines) is 1. The van der Waals surface area contributed by atoms with Crippen molar-refractivity contribution in [1.29, 1.82) is 0 Å². The van der Waals surface area contributed by atoms with Crippen LogP contribution < -0.4 is 16.2 Å². The molecule has 1 saturated heterocycles. The molecule has 1 aromatic carbocycles. The lowest BCUT2D eigenvalue weighted by atomic mass is 9.76. The van der Waals surface area contributed by atoms with Crippen LogP contribution in [-0.2, 0) is 11.2 Å². The van der Waals surface area contributed by atoms with Crippen LogP contribution in [0.4, 0.5) is 0 Å². The molecule has 2 aliphatic rings. The van der Waals surface area contributed by atoms with E-state index in [1.54, 1.807) is 17.0 Å². The molecule has 0 unspecified atom stereocenters. The van der Waals surface area contributed by atoms with Crippen molar-refractivity contribution in [2.75, 3.05) is 13.1 Å². The summed E-state index contributed by atoms with van der Waals surface area (Å²) in [5, 5.41) is 6.06. The largest absolute Gasteiger partial charge is 0.351 e. The fourth-order valence-corrected chi connectivity index (χ4v) is 4.46. The fraction of sp³-hybridized carbons (Fsp3) is 0.391. The van der Waals surface area contributed by atoms with Crippen LogP contribution in [0.1, 0.15) is 47.1 Å². The number of aromatic amines is 1. The number of hydrogen-bond donors (Lipinski definition) is 3. The summed E-state index contributed by atoms with van der Waals surface area (Å²) >= 11 is 0. The molecular weight excluding hydrogens is 396 g/mol. The van der Waals surface area contributed by atoms with E-state index in [-0.39, 0.29) is 36.4 Å². The molecule has 8 nitrogen and oxygen atoms in total. The van der Waals surface area contributed by atoms with Gasteiger partial charge >= 0.3 is 0 Å². The van der Waals surface area contributed by atoms with Crippen molar-refractivity contribution in [3.63, 3.8) is 0 Å². The van der Waals surface area contributed by atoms with Gasteiger partial charge in [0.25, 0.3) is 11.8 Å². The van der Waals surface area contributed by atoms with E-state index in [2.05, 4.69) is 15.6 Å². The SMILES string of the molecule is CC(C)(C)NC(=O)[C@@H]1CN(C(=O)c2ccc(=O)[nH]c2)C[C@]12Cc1ccccc1C(=O)N2. The summed E-state index contributed by atoms with van der Waals surface area (Å²) in [4.78, 5) is 54.7. The van der Waals surface area contributed by atoms with E-state index in [1.807, 2.05) is 32.9 Å². The van der Waals surface area contributed by atoms with Gasteiger partial charge in [-0.2, -0.15) is 0 Å². The first-order valence-corrected chi connectivity index (χ1v) is 10.3. The lowest BCUT2D eigenvalue weighted by Gasteiger charge is -2.39. The van der Waals surface area contributed by atoms with Crippen molar-refractivity contribution in [1.82, 2.24) is 20.5 Å². The maximum Gasteiger partial charge on any atom is 0.255 e. The number of carbonyl (C=O) groups excluding carboxylic acids is 3. The van der Waals surface area contributed by atoms with Crippen LogP contribution in [0.2, 0.25) is 0 Å². The number of rotatable bonds is 2. The summed E-state index contributed by atoms with van der Waals surface area (Å²) < 4.78 is 0.